The largest absolute Gasteiger partial charge is 0.341 e. The molecule has 5 aromatic carbocycles. The Morgan fingerprint density at radius 3 is 1.54 bits per heavy atom. The van der Waals surface area contributed by atoms with Gasteiger partial charge in [-0.05, 0) is 67.1 Å². The number of fused-ring (bicyclic) bond motifs is 3. The molecule has 1 aromatic heterocycles. The predicted octanol–water partition coefficient (Wildman–Crippen LogP) is 7.31. The lowest BCUT2D eigenvalue weighted by molar-refractivity contribution is 0.827. The van der Waals surface area contributed by atoms with Crippen LogP contribution in [0.25, 0.3) is 21.8 Å². The van der Waals surface area contributed by atoms with E-state index in [1.54, 1.807) is 0 Å². The van der Waals surface area contributed by atoms with Crippen molar-refractivity contribution in [1.82, 2.24) is 4.57 Å². The van der Waals surface area contributed by atoms with Crippen molar-refractivity contribution in [3.8, 4) is 0 Å². The summed E-state index contributed by atoms with van der Waals surface area (Å²) in [6.07, 6.45) is 0.993. The average molecular weight is 471 g/mol. The third-order valence-electron chi connectivity index (χ3n) is 7.16. The van der Waals surface area contributed by atoms with Gasteiger partial charge >= 0.3 is 0 Å². The van der Waals surface area contributed by atoms with E-state index in [-0.39, 0.29) is 0 Å². The van der Waals surface area contributed by atoms with E-state index in [1.807, 2.05) is 0 Å². The molecule has 0 saturated carbocycles. The van der Waals surface area contributed by atoms with Crippen LogP contribution in [0.5, 0.6) is 0 Å². The van der Waals surface area contributed by atoms with Gasteiger partial charge in [0.15, 0.2) is 0 Å². The number of aromatic nitrogens is 1. The van der Waals surface area contributed by atoms with E-state index in [9.17, 15) is 0 Å². The monoisotopic (exact) mass is 470 g/mol. The molecule has 0 spiro atoms. The molecule has 1 nitrogen and oxygen atoms in total. The standard InChI is InChI=1S/C33H29NP/c1-2-34-32-21-13-12-20-30(32)31-24-26(22-23-33(31)34)25-35(27-14-6-3-7-15-27,28-16-8-4-9-17-28)29-18-10-5-11-19-29/h3-24H,2,25H2,1H3/q+1. The van der Waals surface area contributed by atoms with Gasteiger partial charge in [-0.3, -0.25) is 0 Å². The van der Waals surface area contributed by atoms with E-state index < -0.39 is 7.26 Å². The van der Waals surface area contributed by atoms with Crippen LogP contribution in [0.4, 0.5) is 0 Å². The van der Waals surface area contributed by atoms with Gasteiger partial charge in [0.05, 0.1) is 6.16 Å². The quantitative estimate of drug-likeness (QED) is 0.225. The van der Waals surface area contributed by atoms with Crippen LogP contribution in [-0.4, -0.2) is 4.57 Å². The summed E-state index contributed by atoms with van der Waals surface area (Å²) in [4.78, 5) is 0. The molecular weight excluding hydrogens is 441 g/mol. The van der Waals surface area contributed by atoms with Crippen molar-refractivity contribution >= 4 is 45.0 Å². The lowest BCUT2D eigenvalue weighted by Crippen LogP contribution is -2.32. The van der Waals surface area contributed by atoms with Gasteiger partial charge in [-0.15, -0.1) is 0 Å². The van der Waals surface area contributed by atoms with Crippen LogP contribution in [-0.2, 0) is 12.7 Å². The van der Waals surface area contributed by atoms with Crippen molar-refractivity contribution in [3.63, 3.8) is 0 Å². The first-order valence-corrected chi connectivity index (χ1v) is 14.3. The highest BCUT2D eigenvalue weighted by Crippen LogP contribution is 2.58. The minimum atomic E-state index is -1.92. The molecule has 6 aromatic rings. The maximum absolute atomic E-state index is 2.45. The summed E-state index contributed by atoms with van der Waals surface area (Å²) < 4.78 is 2.43. The molecule has 0 bridgehead atoms. The highest BCUT2D eigenvalue weighted by molar-refractivity contribution is 7.95. The molecule has 0 aliphatic heterocycles. The van der Waals surface area contributed by atoms with Crippen molar-refractivity contribution in [3.05, 3.63) is 139 Å². The van der Waals surface area contributed by atoms with Gasteiger partial charge < -0.3 is 4.57 Å². The molecule has 0 saturated heterocycles. The minimum Gasteiger partial charge on any atom is -0.341 e. The molecule has 0 atom stereocenters. The number of para-hydroxylation sites is 1. The molecule has 0 fully saturated rings. The summed E-state index contributed by atoms with van der Waals surface area (Å²) in [7, 11) is -1.92. The van der Waals surface area contributed by atoms with Crippen molar-refractivity contribution in [1.29, 1.82) is 0 Å². The second kappa shape index (κ2) is 9.17. The van der Waals surface area contributed by atoms with Crippen molar-refractivity contribution in [2.24, 2.45) is 0 Å². The first-order valence-electron chi connectivity index (χ1n) is 12.4. The van der Waals surface area contributed by atoms with E-state index in [0.717, 1.165) is 12.7 Å². The molecule has 35 heavy (non-hydrogen) atoms. The molecule has 0 unspecified atom stereocenters. The molecule has 2 heteroatoms. The van der Waals surface area contributed by atoms with Gasteiger partial charge in [-0.2, -0.15) is 0 Å². The third-order valence-corrected chi connectivity index (χ3v) is 11.5. The van der Waals surface area contributed by atoms with E-state index in [0.29, 0.717) is 0 Å². The number of benzene rings is 5. The fraction of sp³-hybridized carbons (Fsp3) is 0.0909. The third kappa shape index (κ3) is 3.68. The molecule has 1 heterocycles. The smallest absolute Gasteiger partial charge is 0.116 e. The topological polar surface area (TPSA) is 4.93 Å². The van der Waals surface area contributed by atoms with Crippen molar-refractivity contribution < 1.29 is 0 Å². The normalized spacial score (nSPS) is 11.8. The Hall–Kier alpha value is -3.67. The second-order valence-electron chi connectivity index (χ2n) is 9.09. The summed E-state index contributed by atoms with van der Waals surface area (Å²) in [5.41, 5.74) is 4.03. The Kier molecular flexibility index (Phi) is 5.72. The molecular formula is C33H29NP+. The molecule has 0 N–H and O–H groups in total. The maximum Gasteiger partial charge on any atom is 0.116 e. The molecule has 170 valence electrons. The Morgan fingerprint density at radius 1 is 0.514 bits per heavy atom. The van der Waals surface area contributed by atoms with E-state index in [2.05, 4.69) is 145 Å². The van der Waals surface area contributed by atoms with Gasteiger partial charge in [-0.25, -0.2) is 0 Å². The summed E-state index contributed by atoms with van der Waals surface area (Å²) >= 11 is 0. The van der Waals surface area contributed by atoms with Crippen LogP contribution >= 0.6 is 7.26 Å². The lowest BCUT2D eigenvalue weighted by Gasteiger charge is -2.28. The van der Waals surface area contributed by atoms with Crippen LogP contribution in [0.1, 0.15) is 12.5 Å². The van der Waals surface area contributed by atoms with Crippen LogP contribution in [0.2, 0.25) is 0 Å². The van der Waals surface area contributed by atoms with Gasteiger partial charge in [0.2, 0.25) is 0 Å². The van der Waals surface area contributed by atoms with Gasteiger partial charge in [-0.1, -0.05) is 78.9 Å². The highest BCUT2D eigenvalue weighted by atomic mass is 31.2. The summed E-state index contributed by atoms with van der Waals surface area (Å²) in [6.45, 7) is 3.20. The zero-order chi connectivity index (χ0) is 23.7. The number of rotatable bonds is 6. The summed E-state index contributed by atoms with van der Waals surface area (Å²) in [5.74, 6) is 0. The molecule has 0 amide bonds. The molecule has 0 aliphatic carbocycles. The number of hydrogen-bond donors (Lipinski definition) is 0. The Labute approximate surface area is 208 Å². The number of nitrogens with zero attached hydrogens (tertiary/aromatic N) is 1. The van der Waals surface area contributed by atoms with E-state index in [1.165, 1.54) is 43.3 Å². The Morgan fingerprint density at radius 2 is 1.00 bits per heavy atom. The zero-order valence-corrected chi connectivity index (χ0v) is 20.9. The van der Waals surface area contributed by atoms with Crippen LogP contribution < -0.4 is 15.9 Å². The Bertz CT molecular complexity index is 1490. The summed E-state index contributed by atoms with van der Waals surface area (Å²) in [5, 5.41) is 6.97. The minimum absolute atomic E-state index is 0.971. The number of aryl methyl sites for hydroxylation is 1. The first kappa shape index (κ1) is 21.8. The van der Waals surface area contributed by atoms with Crippen LogP contribution in [0.15, 0.2) is 133 Å². The van der Waals surface area contributed by atoms with Gasteiger partial charge in [0.25, 0.3) is 0 Å². The molecule has 0 aliphatic rings. The van der Waals surface area contributed by atoms with Crippen LogP contribution in [0, 0.1) is 0 Å². The fourth-order valence-corrected chi connectivity index (χ4v) is 9.81. The zero-order valence-electron chi connectivity index (χ0n) is 20.0. The second-order valence-corrected chi connectivity index (χ2v) is 12.6. The van der Waals surface area contributed by atoms with Crippen LogP contribution in [0.3, 0.4) is 0 Å². The van der Waals surface area contributed by atoms with Crippen molar-refractivity contribution in [2.75, 3.05) is 0 Å². The summed E-state index contributed by atoms with van der Waals surface area (Å²) in [6, 6.07) is 49.4. The first-order chi connectivity index (χ1) is 17.3. The maximum atomic E-state index is 2.45. The number of hydrogen-bond acceptors (Lipinski definition) is 0. The highest BCUT2D eigenvalue weighted by Gasteiger charge is 2.45. The fourth-order valence-electron chi connectivity index (χ4n) is 5.58. The van der Waals surface area contributed by atoms with Gasteiger partial charge in [0.1, 0.15) is 23.2 Å². The SMILES string of the molecule is CCn1c2ccccc2c2cc(C[P+](c3ccccc3)(c3ccccc3)c3ccccc3)ccc21. The van der Waals surface area contributed by atoms with Gasteiger partial charge in [0, 0.05) is 28.4 Å². The molecule has 0 radical (unpaired) electrons. The predicted molar refractivity (Wildman–Crippen MR) is 154 cm³/mol. The lowest BCUT2D eigenvalue weighted by atomic mass is 10.1. The molecule has 6 rings (SSSR count). The van der Waals surface area contributed by atoms with E-state index in [4.69, 9.17) is 0 Å². The Balaban J connectivity index is 1.61. The van der Waals surface area contributed by atoms with E-state index >= 15 is 0 Å². The van der Waals surface area contributed by atoms with Crippen molar-refractivity contribution in [2.45, 2.75) is 19.6 Å². The average Bonchev–Trinajstić information content (AvgIpc) is 3.26.